The van der Waals surface area contributed by atoms with Gasteiger partial charge >= 0.3 is 0 Å². The maximum Gasteiger partial charge on any atom is 0.211 e. The Morgan fingerprint density at radius 3 is 2.75 bits per heavy atom. The van der Waals surface area contributed by atoms with Gasteiger partial charge in [-0.3, -0.25) is 4.79 Å². The number of amides is 1. The first-order valence-corrected chi connectivity index (χ1v) is 5.23. The molecule has 0 bridgehead atoms. The molecular weight excluding hydrogens is 206 g/mol. The normalized spacial score (nSPS) is 15.9. The van der Waals surface area contributed by atoms with Crippen LogP contribution < -0.4 is 16.0 Å². The average Bonchev–Trinajstić information content (AvgIpc) is 2.30. The summed E-state index contributed by atoms with van der Waals surface area (Å²) in [6, 6.07) is 5.55. The number of hydrogen-bond donors (Lipinski definition) is 2. The first kappa shape index (κ1) is 10.8. The molecule has 1 saturated heterocycles. The third-order valence-electron chi connectivity index (χ3n) is 2.54. The quantitative estimate of drug-likeness (QED) is 0.581. The molecule has 1 heterocycles. The summed E-state index contributed by atoms with van der Waals surface area (Å²) < 4.78 is 5.28. The zero-order valence-electron chi connectivity index (χ0n) is 8.98. The number of benzene rings is 1. The van der Waals surface area contributed by atoms with Gasteiger partial charge in [0.2, 0.25) is 6.41 Å². The van der Waals surface area contributed by atoms with Gasteiger partial charge in [-0.2, -0.15) is 0 Å². The third-order valence-corrected chi connectivity index (χ3v) is 2.54. The van der Waals surface area contributed by atoms with Crippen LogP contribution in [0.25, 0.3) is 0 Å². The fourth-order valence-corrected chi connectivity index (χ4v) is 1.79. The van der Waals surface area contributed by atoms with Gasteiger partial charge in [0, 0.05) is 30.2 Å². The second-order valence-electron chi connectivity index (χ2n) is 3.67. The van der Waals surface area contributed by atoms with Crippen molar-refractivity contribution in [2.75, 3.05) is 42.3 Å². The van der Waals surface area contributed by atoms with Crippen LogP contribution in [0.4, 0.5) is 17.1 Å². The molecule has 16 heavy (non-hydrogen) atoms. The van der Waals surface area contributed by atoms with Crippen LogP contribution >= 0.6 is 0 Å². The number of rotatable bonds is 3. The van der Waals surface area contributed by atoms with Gasteiger partial charge in [-0.25, -0.2) is 0 Å². The molecule has 5 heteroatoms. The molecule has 0 radical (unpaired) electrons. The van der Waals surface area contributed by atoms with Gasteiger partial charge in [0.1, 0.15) is 0 Å². The highest BCUT2D eigenvalue weighted by Gasteiger charge is 2.12. The van der Waals surface area contributed by atoms with Gasteiger partial charge in [0.25, 0.3) is 0 Å². The van der Waals surface area contributed by atoms with Crippen molar-refractivity contribution in [2.24, 2.45) is 0 Å². The topological polar surface area (TPSA) is 67.6 Å². The summed E-state index contributed by atoms with van der Waals surface area (Å²) >= 11 is 0. The van der Waals surface area contributed by atoms with Crippen molar-refractivity contribution in [3.05, 3.63) is 18.2 Å². The Bertz CT molecular complexity index is 375. The molecule has 3 N–H and O–H groups in total. The lowest BCUT2D eigenvalue weighted by atomic mass is 10.2. The van der Waals surface area contributed by atoms with E-state index in [0.717, 1.165) is 37.7 Å². The summed E-state index contributed by atoms with van der Waals surface area (Å²) in [4.78, 5) is 12.6. The summed E-state index contributed by atoms with van der Waals surface area (Å²) in [5.74, 6) is 0. The van der Waals surface area contributed by atoms with Crippen LogP contribution in [0.2, 0.25) is 0 Å². The van der Waals surface area contributed by atoms with E-state index in [-0.39, 0.29) is 0 Å². The van der Waals surface area contributed by atoms with Crippen LogP contribution in [0.3, 0.4) is 0 Å². The predicted molar refractivity (Wildman–Crippen MR) is 63.6 cm³/mol. The lowest BCUT2D eigenvalue weighted by molar-refractivity contribution is -0.105. The Kier molecular flexibility index (Phi) is 3.26. The Labute approximate surface area is 94.2 Å². The van der Waals surface area contributed by atoms with Gasteiger partial charge in [0.15, 0.2) is 0 Å². The zero-order valence-corrected chi connectivity index (χ0v) is 8.98. The van der Waals surface area contributed by atoms with E-state index in [4.69, 9.17) is 10.5 Å². The second-order valence-corrected chi connectivity index (χ2v) is 3.67. The van der Waals surface area contributed by atoms with Gasteiger partial charge in [0.05, 0.1) is 13.2 Å². The zero-order chi connectivity index (χ0) is 11.4. The lowest BCUT2D eigenvalue weighted by Gasteiger charge is -2.29. The first-order valence-electron chi connectivity index (χ1n) is 5.23. The molecule has 1 aromatic rings. The maximum atomic E-state index is 10.4. The number of nitrogens with zero attached hydrogens (tertiary/aromatic N) is 1. The SMILES string of the molecule is Nc1cc(NC=O)cc(N2CCOCC2)c1. The number of nitrogens with one attached hydrogen (secondary N) is 1. The van der Waals surface area contributed by atoms with Crippen molar-refractivity contribution in [1.29, 1.82) is 0 Å². The molecule has 0 spiro atoms. The van der Waals surface area contributed by atoms with Crippen LogP contribution in [0, 0.1) is 0 Å². The van der Waals surface area contributed by atoms with Crippen LogP contribution in [0.1, 0.15) is 0 Å². The molecular formula is C11H15N3O2. The van der Waals surface area contributed by atoms with E-state index in [2.05, 4.69) is 10.2 Å². The minimum atomic E-state index is 0.647. The average molecular weight is 221 g/mol. The van der Waals surface area contributed by atoms with Gasteiger partial charge in [-0.15, -0.1) is 0 Å². The number of carbonyl (C=O) groups is 1. The Morgan fingerprint density at radius 2 is 2.06 bits per heavy atom. The molecule has 0 aliphatic carbocycles. The van der Waals surface area contributed by atoms with Crippen molar-refractivity contribution in [1.82, 2.24) is 0 Å². The van der Waals surface area contributed by atoms with Crippen LogP contribution in [0.5, 0.6) is 0 Å². The van der Waals surface area contributed by atoms with Crippen LogP contribution in [-0.4, -0.2) is 32.7 Å². The number of nitrogens with two attached hydrogens (primary N) is 1. The maximum absolute atomic E-state index is 10.4. The minimum Gasteiger partial charge on any atom is -0.399 e. The second kappa shape index (κ2) is 4.85. The van der Waals surface area contributed by atoms with Crippen LogP contribution in [0.15, 0.2) is 18.2 Å². The van der Waals surface area contributed by atoms with E-state index < -0.39 is 0 Å². The van der Waals surface area contributed by atoms with Crippen molar-refractivity contribution in [3.8, 4) is 0 Å². The summed E-state index contributed by atoms with van der Waals surface area (Å²) in [6.07, 6.45) is 0.651. The summed E-state index contributed by atoms with van der Waals surface area (Å²) in [6.45, 7) is 3.16. The molecule has 2 rings (SSSR count). The standard InChI is InChI=1S/C11H15N3O2/c12-9-5-10(13-8-15)7-11(6-9)14-1-3-16-4-2-14/h5-8H,1-4,12H2,(H,13,15). The highest BCUT2D eigenvalue weighted by Crippen LogP contribution is 2.24. The number of carbonyl (C=O) groups excluding carboxylic acids is 1. The molecule has 1 aliphatic heterocycles. The van der Waals surface area contributed by atoms with Crippen molar-refractivity contribution < 1.29 is 9.53 Å². The van der Waals surface area contributed by atoms with E-state index in [1.54, 1.807) is 6.07 Å². The molecule has 0 atom stereocenters. The molecule has 5 nitrogen and oxygen atoms in total. The largest absolute Gasteiger partial charge is 0.399 e. The molecule has 1 amide bonds. The molecule has 1 aliphatic rings. The van der Waals surface area contributed by atoms with Crippen molar-refractivity contribution in [2.45, 2.75) is 0 Å². The van der Waals surface area contributed by atoms with E-state index in [1.165, 1.54) is 0 Å². The number of hydrogen-bond acceptors (Lipinski definition) is 4. The molecule has 0 saturated carbocycles. The Morgan fingerprint density at radius 1 is 1.31 bits per heavy atom. The van der Waals surface area contributed by atoms with E-state index in [9.17, 15) is 4.79 Å². The number of ether oxygens (including phenoxy) is 1. The lowest BCUT2D eigenvalue weighted by Crippen LogP contribution is -2.36. The van der Waals surface area contributed by atoms with Crippen molar-refractivity contribution >= 4 is 23.5 Å². The van der Waals surface area contributed by atoms with Crippen LogP contribution in [-0.2, 0) is 9.53 Å². The fraction of sp³-hybridized carbons (Fsp3) is 0.364. The molecule has 0 aromatic heterocycles. The minimum absolute atomic E-state index is 0.647. The van der Waals surface area contributed by atoms with Gasteiger partial charge in [-0.1, -0.05) is 0 Å². The summed E-state index contributed by atoms with van der Waals surface area (Å²) in [7, 11) is 0. The molecule has 1 aromatic carbocycles. The fourth-order valence-electron chi connectivity index (χ4n) is 1.79. The summed E-state index contributed by atoms with van der Waals surface area (Å²) in [5, 5.41) is 2.61. The van der Waals surface area contributed by atoms with Gasteiger partial charge < -0.3 is 20.7 Å². The highest BCUT2D eigenvalue weighted by molar-refractivity contribution is 5.76. The highest BCUT2D eigenvalue weighted by atomic mass is 16.5. The smallest absolute Gasteiger partial charge is 0.211 e. The Hall–Kier alpha value is -1.75. The van der Waals surface area contributed by atoms with Crippen molar-refractivity contribution in [3.63, 3.8) is 0 Å². The Balaban J connectivity index is 2.21. The van der Waals surface area contributed by atoms with E-state index in [0.29, 0.717) is 12.1 Å². The third kappa shape index (κ3) is 2.43. The number of nitrogen functional groups attached to an aromatic ring is 1. The van der Waals surface area contributed by atoms with E-state index in [1.807, 2.05) is 12.1 Å². The predicted octanol–water partition coefficient (Wildman–Crippen LogP) is 0.674. The van der Waals surface area contributed by atoms with Gasteiger partial charge in [-0.05, 0) is 18.2 Å². The summed E-state index contributed by atoms with van der Waals surface area (Å²) in [5.41, 5.74) is 8.17. The number of morpholine rings is 1. The first-order chi connectivity index (χ1) is 7.79. The van der Waals surface area contributed by atoms with E-state index >= 15 is 0 Å². The molecule has 86 valence electrons. The molecule has 1 fully saturated rings. The number of anilines is 3. The molecule has 0 unspecified atom stereocenters. The monoisotopic (exact) mass is 221 g/mol.